The van der Waals surface area contributed by atoms with Crippen LogP contribution in [0.2, 0.25) is 0 Å². The molecule has 3 heterocycles. The van der Waals surface area contributed by atoms with E-state index in [2.05, 4.69) is 22.0 Å². The minimum Gasteiger partial charge on any atom is -0.410 e. The molecule has 0 N–H and O–H groups in total. The molecule has 1 aliphatic carbocycles. The molecule has 1 aromatic heterocycles. The maximum absolute atomic E-state index is 13.7. The summed E-state index contributed by atoms with van der Waals surface area (Å²) in [6.07, 6.45) is 9.07. The first-order valence-electron chi connectivity index (χ1n) is 13.5. The second-order valence-corrected chi connectivity index (χ2v) is 11.0. The first kappa shape index (κ1) is 27.7. The highest BCUT2D eigenvalue weighted by Gasteiger charge is 2.44. The third-order valence-corrected chi connectivity index (χ3v) is 8.41. The fourth-order valence-electron chi connectivity index (χ4n) is 5.81. The van der Waals surface area contributed by atoms with Gasteiger partial charge in [-0.2, -0.15) is 5.26 Å². The highest BCUT2D eigenvalue weighted by Crippen LogP contribution is 2.36. The molecule has 2 saturated heterocycles. The molecule has 10 heteroatoms. The van der Waals surface area contributed by atoms with Crippen molar-refractivity contribution in [3.8, 4) is 11.8 Å². The Kier molecular flexibility index (Phi) is 8.36. The van der Waals surface area contributed by atoms with Gasteiger partial charge in [-0.25, -0.2) is 14.2 Å². The van der Waals surface area contributed by atoms with Crippen LogP contribution < -0.4 is 9.64 Å². The van der Waals surface area contributed by atoms with E-state index in [4.69, 9.17) is 21.6 Å². The van der Waals surface area contributed by atoms with Gasteiger partial charge in [-0.05, 0) is 67.7 Å². The van der Waals surface area contributed by atoms with Crippen LogP contribution in [-0.4, -0.2) is 66.1 Å². The number of nitriles is 1. The number of ether oxygens (including phenoxy) is 1. The zero-order valence-corrected chi connectivity index (χ0v) is 23.0. The molecule has 0 bridgehead atoms. The maximum Gasteiger partial charge on any atom is 0.415 e. The summed E-state index contributed by atoms with van der Waals surface area (Å²) in [5.74, 6) is 0.786. The maximum atomic E-state index is 13.7. The van der Waals surface area contributed by atoms with Crippen LogP contribution >= 0.6 is 11.6 Å². The average Bonchev–Trinajstić information content (AvgIpc) is 3.43. The predicted octanol–water partition coefficient (Wildman–Crippen LogP) is 4.97. The minimum atomic E-state index is -0.549. The van der Waals surface area contributed by atoms with Crippen molar-refractivity contribution in [3.63, 3.8) is 0 Å². The second kappa shape index (κ2) is 12.1. The van der Waals surface area contributed by atoms with E-state index < -0.39 is 11.9 Å². The van der Waals surface area contributed by atoms with Gasteiger partial charge in [-0.15, -0.1) is 0 Å². The molecule has 3 atom stereocenters. The molecule has 2 unspecified atom stereocenters. The lowest BCUT2D eigenvalue weighted by molar-refractivity contribution is -0.135. The molecule has 40 heavy (non-hydrogen) atoms. The Morgan fingerprint density at radius 3 is 2.52 bits per heavy atom. The summed E-state index contributed by atoms with van der Waals surface area (Å²) in [6, 6.07) is 10.7. The van der Waals surface area contributed by atoms with Gasteiger partial charge in [0.1, 0.15) is 23.5 Å². The van der Waals surface area contributed by atoms with Gasteiger partial charge in [-0.1, -0.05) is 23.8 Å². The minimum absolute atomic E-state index is 0.00919. The normalized spacial score (nSPS) is 22.9. The molecule has 208 valence electrons. The van der Waals surface area contributed by atoms with Crippen molar-refractivity contribution < 1.29 is 18.7 Å². The van der Waals surface area contributed by atoms with Crippen LogP contribution in [0.1, 0.15) is 24.8 Å². The number of carbonyl (C=O) groups excluding carboxylic acids is 2. The number of rotatable bonds is 5. The summed E-state index contributed by atoms with van der Waals surface area (Å²) >= 11 is 6.17. The molecule has 1 aromatic carbocycles. The topological polar surface area (TPSA) is 89.8 Å². The second-order valence-electron chi connectivity index (χ2n) is 10.5. The van der Waals surface area contributed by atoms with E-state index in [-0.39, 0.29) is 35.5 Å². The number of nitrogens with zero attached hydrogens (tertiary/aromatic N) is 5. The van der Waals surface area contributed by atoms with Crippen LogP contribution in [0.3, 0.4) is 0 Å². The van der Waals surface area contributed by atoms with Crippen molar-refractivity contribution >= 4 is 29.4 Å². The summed E-state index contributed by atoms with van der Waals surface area (Å²) in [6.45, 7) is 2.36. The molecular formula is C30H31ClFN5O3. The Labute approximate surface area is 238 Å². The molecule has 2 fully saturated rings. The summed E-state index contributed by atoms with van der Waals surface area (Å²) in [5.41, 5.74) is 0.518. The largest absolute Gasteiger partial charge is 0.415 e. The number of piperidine rings is 1. The molecule has 0 saturated carbocycles. The number of carbonyl (C=O) groups is 2. The zero-order valence-electron chi connectivity index (χ0n) is 22.2. The number of likely N-dealkylation sites (tertiary alicyclic amines) is 1. The molecule has 0 radical (unpaired) electrons. The van der Waals surface area contributed by atoms with E-state index in [1.165, 1.54) is 24.3 Å². The Hall–Kier alpha value is -3.90. The quantitative estimate of drug-likeness (QED) is 0.510. The van der Waals surface area contributed by atoms with Gasteiger partial charge in [0, 0.05) is 56.3 Å². The van der Waals surface area contributed by atoms with E-state index in [1.807, 2.05) is 23.1 Å². The fraction of sp³-hybridized carbons (Fsp3) is 0.400. The van der Waals surface area contributed by atoms with Crippen molar-refractivity contribution in [2.75, 3.05) is 38.1 Å². The van der Waals surface area contributed by atoms with Gasteiger partial charge in [0.05, 0.1) is 11.6 Å². The number of pyridine rings is 1. The van der Waals surface area contributed by atoms with Gasteiger partial charge in [0.2, 0.25) is 5.91 Å². The SMILES string of the molecule is CN(C(=O)Oc1ccc(F)cc1)C1CN(C(=O)C2CCN(c3ccc(C#N)cn3)CC2)C[C@@H]1C1C=CC(Cl)=CC1. The van der Waals surface area contributed by atoms with Gasteiger partial charge < -0.3 is 19.4 Å². The molecule has 2 aromatic rings. The van der Waals surface area contributed by atoms with Crippen molar-refractivity contribution in [1.82, 2.24) is 14.8 Å². The predicted molar refractivity (Wildman–Crippen MR) is 149 cm³/mol. The number of amides is 2. The number of likely N-dealkylation sites (N-methyl/N-ethyl adjacent to an activating group) is 1. The molecule has 2 amide bonds. The first-order chi connectivity index (χ1) is 19.3. The van der Waals surface area contributed by atoms with Crippen LogP contribution in [0.5, 0.6) is 5.75 Å². The van der Waals surface area contributed by atoms with E-state index >= 15 is 0 Å². The molecular weight excluding hydrogens is 533 g/mol. The van der Waals surface area contributed by atoms with Gasteiger partial charge in [-0.3, -0.25) is 4.79 Å². The lowest BCUT2D eigenvalue weighted by atomic mass is 9.83. The van der Waals surface area contributed by atoms with Gasteiger partial charge in [0.15, 0.2) is 0 Å². The van der Waals surface area contributed by atoms with Crippen LogP contribution in [0, 0.1) is 34.9 Å². The Bertz CT molecular complexity index is 1330. The van der Waals surface area contributed by atoms with E-state index in [9.17, 15) is 14.0 Å². The summed E-state index contributed by atoms with van der Waals surface area (Å²) < 4.78 is 18.8. The Balaban J connectivity index is 1.25. The average molecular weight is 564 g/mol. The molecule has 5 rings (SSSR count). The number of aromatic nitrogens is 1. The van der Waals surface area contributed by atoms with Crippen LogP contribution in [-0.2, 0) is 4.79 Å². The van der Waals surface area contributed by atoms with Crippen molar-refractivity contribution in [3.05, 3.63) is 77.2 Å². The Morgan fingerprint density at radius 2 is 1.90 bits per heavy atom. The summed E-state index contributed by atoms with van der Waals surface area (Å²) in [4.78, 5) is 36.8. The third-order valence-electron chi connectivity index (χ3n) is 8.13. The highest BCUT2D eigenvalue weighted by atomic mass is 35.5. The number of anilines is 1. The third kappa shape index (κ3) is 6.13. The van der Waals surface area contributed by atoms with E-state index in [0.29, 0.717) is 49.6 Å². The lowest BCUT2D eigenvalue weighted by Gasteiger charge is -2.34. The zero-order chi connectivity index (χ0) is 28.2. The smallest absolute Gasteiger partial charge is 0.410 e. The Morgan fingerprint density at radius 1 is 1.15 bits per heavy atom. The lowest BCUT2D eigenvalue weighted by Crippen LogP contribution is -2.46. The molecule has 2 aliphatic heterocycles. The summed E-state index contributed by atoms with van der Waals surface area (Å²) in [7, 11) is 1.69. The van der Waals surface area contributed by atoms with Crippen LogP contribution in [0.4, 0.5) is 15.0 Å². The monoisotopic (exact) mass is 563 g/mol. The first-order valence-corrected chi connectivity index (χ1v) is 13.8. The van der Waals surface area contributed by atoms with Crippen LogP contribution in [0.15, 0.2) is 65.9 Å². The summed E-state index contributed by atoms with van der Waals surface area (Å²) in [5, 5.41) is 9.70. The number of hydrogen-bond acceptors (Lipinski definition) is 6. The number of allylic oxidation sites excluding steroid dienone is 4. The van der Waals surface area contributed by atoms with E-state index in [0.717, 1.165) is 12.2 Å². The number of benzene rings is 1. The standard InChI is InChI=1S/C30H31ClFN5O3/c1-35(30(39)40-25-9-7-24(32)8-10-25)27-19-37(18-26(27)21-3-5-23(31)6-4-21)29(38)22-12-14-36(15-13-22)28-11-2-20(16-33)17-34-28/h2-3,5-11,17,21-22,26-27H,4,12-15,18-19H2,1H3/t21?,26-,27?/m1/s1. The molecule has 8 nitrogen and oxygen atoms in total. The van der Waals surface area contributed by atoms with Crippen molar-refractivity contribution in [1.29, 1.82) is 5.26 Å². The number of halogens is 2. The van der Waals surface area contributed by atoms with Gasteiger partial charge in [0.25, 0.3) is 0 Å². The van der Waals surface area contributed by atoms with Crippen molar-refractivity contribution in [2.24, 2.45) is 17.8 Å². The fourth-order valence-corrected chi connectivity index (χ4v) is 5.98. The van der Waals surface area contributed by atoms with E-state index in [1.54, 1.807) is 24.2 Å². The van der Waals surface area contributed by atoms with Crippen LogP contribution in [0.25, 0.3) is 0 Å². The molecule has 0 spiro atoms. The number of hydrogen-bond donors (Lipinski definition) is 0. The molecule has 3 aliphatic rings. The highest BCUT2D eigenvalue weighted by molar-refractivity contribution is 6.31. The van der Waals surface area contributed by atoms with Crippen molar-refractivity contribution in [2.45, 2.75) is 25.3 Å². The van der Waals surface area contributed by atoms with Gasteiger partial charge >= 0.3 is 6.09 Å².